The van der Waals surface area contributed by atoms with Crippen LogP contribution in [0.25, 0.3) is 0 Å². The first-order valence-corrected chi connectivity index (χ1v) is 3.17. The van der Waals surface area contributed by atoms with E-state index in [1.165, 1.54) is 13.8 Å². The SMILES string of the molecule is C=C(C(C)=O)C(=O)CC(C)=O. The summed E-state index contributed by atoms with van der Waals surface area (Å²) in [5.41, 5.74) is -0.0970. The van der Waals surface area contributed by atoms with E-state index < -0.39 is 5.78 Å². The second kappa shape index (κ2) is 3.81. The van der Waals surface area contributed by atoms with Crippen LogP contribution in [-0.2, 0) is 14.4 Å². The topological polar surface area (TPSA) is 51.2 Å². The van der Waals surface area contributed by atoms with E-state index in [-0.39, 0.29) is 23.6 Å². The summed E-state index contributed by atoms with van der Waals surface area (Å²) in [6, 6.07) is 0. The van der Waals surface area contributed by atoms with E-state index in [1.54, 1.807) is 0 Å². The molecule has 0 aromatic rings. The number of carbonyl (C=O) groups is 3. The van der Waals surface area contributed by atoms with Gasteiger partial charge in [-0.05, 0) is 13.8 Å². The van der Waals surface area contributed by atoms with E-state index in [9.17, 15) is 14.4 Å². The molecule has 0 fully saturated rings. The number of Topliss-reactive ketones (excluding diaryl/α,β-unsaturated/α-hetero) is 3. The van der Waals surface area contributed by atoms with Crippen molar-refractivity contribution in [3.63, 3.8) is 0 Å². The summed E-state index contributed by atoms with van der Waals surface area (Å²) < 4.78 is 0. The molecule has 0 saturated heterocycles. The highest BCUT2D eigenvalue weighted by atomic mass is 16.2. The molecule has 3 heteroatoms. The fraction of sp³-hybridized carbons (Fsp3) is 0.375. The molecular weight excluding hydrogens is 144 g/mol. The first-order chi connectivity index (χ1) is 4.95. The van der Waals surface area contributed by atoms with Gasteiger partial charge in [0.15, 0.2) is 11.6 Å². The maximum absolute atomic E-state index is 10.9. The zero-order valence-electron chi connectivity index (χ0n) is 6.64. The molecule has 0 aliphatic rings. The average molecular weight is 154 g/mol. The number of ketones is 3. The van der Waals surface area contributed by atoms with Gasteiger partial charge in [-0.15, -0.1) is 0 Å². The van der Waals surface area contributed by atoms with Gasteiger partial charge in [0.05, 0.1) is 12.0 Å². The molecular formula is C8H10O3. The summed E-state index contributed by atoms with van der Waals surface area (Å²) in [6.07, 6.45) is -0.224. The minimum atomic E-state index is -0.481. The smallest absolute Gasteiger partial charge is 0.173 e. The highest BCUT2D eigenvalue weighted by molar-refractivity contribution is 6.22. The van der Waals surface area contributed by atoms with Crippen molar-refractivity contribution < 1.29 is 14.4 Å². The Hall–Kier alpha value is -1.25. The number of rotatable bonds is 4. The fourth-order valence-corrected chi connectivity index (χ4v) is 0.529. The monoisotopic (exact) mass is 154 g/mol. The molecule has 0 bridgehead atoms. The molecule has 0 aromatic heterocycles. The van der Waals surface area contributed by atoms with Crippen LogP contribution in [0.2, 0.25) is 0 Å². The maximum Gasteiger partial charge on any atom is 0.173 e. The predicted octanol–water partition coefficient (Wildman–Crippen LogP) is 0.680. The Morgan fingerprint density at radius 1 is 1.18 bits per heavy atom. The number of hydrogen-bond acceptors (Lipinski definition) is 3. The van der Waals surface area contributed by atoms with Crippen LogP contribution < -0.4 is 0 Å². The first-order valence-electron chi connectivity index (χ1n) is 3.17. The van der Waals surface area contributed by atoms with Crippen LogP contribution in [0.4, 0.5) is 0 Å². The molecule has 0 atom stereocenters. The van der Waals surface area contributed by atoms with Gasteiger partial charge in [-0.2, -0.15) is 0 Å². The summed E-state index contributed by atoms with van der Waals surface area (Å²) in [5.74, 6) is -1.11. The fourth-order valence-electron chi connectivity index (χ4n) is 0.529. The number of carbonyl (C=O) groups excluding carboxylic acids is 3. The van der Waals surface area contributed by atoms with Crippen molar-refractivity contribution in [2.24, 2.45) is 0 Å². The number of allylic oxidation sites excluding steroid dienone is 1. The Morgan fingerprint density at radius 2 is 1.64 bits per heavy atom. The third-order valence-corrected chi connectivity index (χ3v) is 1.17. The summed E-state index contributed by atoms with van der Waals surface area (Å²) in [5, 5.41) is 0. The zero-order chi connectivity index (χ0) is 9.02. The van der Waals surface area contributed by atoms with Crippen molar-refractivity contribution >= 4 is 17.3 Å². The van der Waals surface area contributed by atoms with Gasteiger partial charge in [0.2, 0.25) is 0 Å². The first kappa shape index (κ1) is 9.75. The molecule has 3 nitrogen and oxygen atoms in total. The molecule has 0 amide bonds. The van der Waals surface area contributed by atoms with Gasteiger partial charge in [0.25, 0.3) is 0 Å². The number of hydrogen-bond donors (Lipinski definition) is 0. The predicted molar refractivity (Wildman–Crippen MR) is 40.1 cm³/mol. The minimum absolute atomic E-state index is 0.0970. The van der Waals surface area contributed by atoms with Crippen molar-refractivity contribution in [1.82, 2.24) is 0 Å². The van der Waals surface area contributed by atoms with Gasteiger partial charge >= 0.3 is 0 Å². The quantitative estimate of drug-likeness (QED) is 0.340. The van der Waals surface area contributed by atoms with Gasteiger partial charge in [-0.25, -0.2) is 0 Å². The molecule has 0 radical (unpaired) electrons. The molecule has 0 aromatic carbocycles. The van der Waals surface area contributed by atoms with Gasteiger partial charge in [-0.1, -0.05) is 6.58 Å². The summed E-state index contributed by atoms with van der Waals surface area (Å²) in [4.78, 5) is 31.8. The minimum Gasteiger partial charge on any atom is -0.300 e. The molecule has 0 saturated carbocycles. The Labute approximate surface area is 65.1 Å². The van der Waals surface area contributed by atoms with Crippen molar-refractivity contribution in [1.29, 1.82) is 0 Å². The van der Waals surface area contributed by atoms with Crippen LogP contribution in [0.1, 0.15) is 20.3 Å². The highest BCUT2D eigenvalue weighted by Gasteiger charge is 2.12. The molecule has 0 rings (SSSR count). The standard InChI is InChI=1S/C8H10O3/c1-5(9)4-8(11)6(2)7(3)10/h2,4H2,1,3H3. The van der Waals surface area contributed by atoms with E-state index in [1.807, 2.05) is 0 Å². The molecule has 0 heterocycles. The largest absolute Gasteiger partial charge is 0.300 e. The van der Waals surface area contributed by atoms with E-state index >= 15 is 0 Å². The Kier molecular flexibility index (Phi) is 3.37. The molecule has 0 unspecified atom stereocenters. The molecule has 60 valence electrons. The van der Waals surface area contributed by atoms with Crippen LogP contribution in [-0.4, -0.2) is 17.3 Å². The van der Waals surface area contributed by atoms with Crippen molar-refractivity contribution in [3.8, 4) is 0 Å². The molecule has 0 aliphatic carbocycles. The van der Waals surface area contributed by atoms with Crippen molar-refractivity contribution in [2.75, 3.05) is 0 Å². The molecule has 0 aliphatic heterocycles. The molecule has 0 spiro atoms. The van der Waals surface area contributed by atoms with E-state index in [4.69, 9.17) is 0 Å². The molecule has 11 heavy (non-hydrogen) atoms. The van der Waals surface area contributed by atoms with Crippen LogP contribution >= 0.6 is 0 Å². The van der Waals surface area contributed by atoms with Crippen LogP contribution in [0, 0.1) is 0 Å². The summed E-state index contributed by atoms with van der Waals surface area (Å²) in [6.45, 7) is 5.80. The van der Waals surface area contributed by atoms with Crippen molar-refractivity contribution in [3.05, 3.63) is 12.2 Å². The highest BCUT2D eigenvalue weighted by Crippen LogP contribution is 1.98. The van der Waals surface area contributed by atoms with Gasteiger partial charge in [0.1, 0.15) is 5.78 Å². The lowest BCUT2D eigenvalue weighted by Gasteiger charge is -1.95. The van der Waals surface area contributed by atoms with E-state index in [2.05, 4.69) is 6.58 Å². The van der Waals surface area contributed by atoms with Crippen LogP contribution in [0.5, 0.6) is 0 Å². The summed E-state index contributed by atoms with van der Waals surface area (Å²) in [7, 11) is 0. The Balaban J connectivity index is 4.16. The third-order valence-electron chi connectivity index (χ3n) is 1.17. The third kappa shape index (κ3) is 3.45. The summed E-state index contributed by atoms with van der Waals surface area (Å²) >= 11 is 0. The van der Waals surface area contributed by atoms with E-state index in [0.29, 0.717) is 0 Å². The maximum atomic E-state index is 10.9. The normalized spacial score (nSPS) is 8.91. The van der Waals surface area contributed by atoms with E-state index in [0.717, 1.165) is 0 Å². The zero-order valence-corrected chi connectivity index (χ0v) is 6.64. The second-order valence-corrected chi connectivity index (χ2v) is 2.34. The van der Waals surface area contributed by atoms with Crippen LogP contribution in [0.3, 0.4) is 0 Å². The lowest BCUT2D eigenvalue weighted by atomic mass is 10.1. The lowest BCUT2D eigenvalue weighted by Crippen LogP contribution is -2.11. The van der Waals surface area contributed by atoms with Crippen molar-refractivity contribution in [2.45, 2.75) is 20.3 Å². The molecule has 0 N–H and O–H groups in total. The Morgan fingerprint density at radius 3 is 1.91 bits per heavy atom. The second-order valence-electron chi connectivity index (χ2n) is 2.34. The van der Waals surface area contributed by atoms with Gasteiger partial charge < -0.3 is 0 Å². The average Bonchev–Trinajstić information content (AvgIpc) is 1.84. The van der Waals surface area contributed by atoms with Gasteiger partial charge in [-0.3, -0.25) is 14.4 Å². The van der Waals surface area contributed by atoms with Gasteiger partial charge in [0, 0.05) is 0 Å². The Bertz CT molecular complexity index is 225. The van der Waals surface area contributed by atoms with Crippen LogP contribution in [0.15, 0.2) is 12.2 Å². The lowest BCUT2D eigenvalue weighted by molar-refractivity contribution is -0.125.